The largest absolute Gasteiger partial charge is 0.416 e. The van der Waals surface area contributed by atoms with Gasteiger partial charge in [0.1, 0.15) is 6.61 Å². The highest BCUT2D eigenvalue weighted by Crippen LogP contribution is 2.39. The monoisotopic (exact) mass is 916 g/mol. The van der Waals surface area contributed by atoms with Crippen LogP contribution in [0.4, 0.5) is 13.2 Å². The van der Waals surface area contributed by atoms with Gasteiger partial charge in [-0.3, -0.25) is 10.0 Å². The maximum atomic E-state index is 13.5. The summed E-state index contributed by atoms with van der Waals surface area (Å²) in [5, 5.41) is 6.48. The number of nitrogens with one attached hydrogen (secondary N) is 1. The standard InChI is InChI=1S/C38H42Cl2F3IN6O3S/c39-31-17-13-29(14-18-31)36(44)34(27-8-4-3-5-9-27)26-50(46)37(49-54(51,52)33-21-19-32(40)20-22-33)47-24-7-2-1-6-10-35(48-53-25-23-45)28-11-15-30(16-12-28)38(41,42)43/h3-5,8-9,11-22,34,36H,1-2,6-7,10,23-26,45-46H2,(H,47,49)/b48-35-/t34-,36?/m1/s1. The van der Waals surface area contributed by atoms with Crippen LogP contribution in [-0.2, 0) is 21.0 Å². The fraction of sp³-hybridized carbons (Fsp3) is 0.316. The Hall–Kier alpha value is -3.41. The molecule has 0 amide bonds. The number of sulfonamides is 1. The Labute approximate surface area is 338 Å². The van der Waals surface area contributed by atoms with Crippen molar-refractivity contribution in [2.75, 3.05) is 26.2 Å². The highest BCUT2D eigenvalue weighted by atomic mass is 127. The molecule has 5 N–H and O–H groups in total. The first-order valence-electron chi connectivity index (χ1n) is 17.1. The summed E-state index contributed by atoms with van der Waals surface area (Å²) in [5.41, 5.74) is 7.85. The first-order valence-corrected chi connectivity index (χ1v) is 20.6. The highest BCUT2D eigenvalue weighted by Gasteiger charge is 2.30. The van der Waals surface area contributed by atoms with E-state index >= 15 is 0 Å². The van der Waals surface area contributed by atoms with Crippen LogP contribution in [0.5, 0.6) is 0 Å². The van der Waals surface area contributed by atoms with Crippen molar-refractivity contribution in [2.24, 2.45) is 21.7 Å². The molecule has 0 saturated heterocycles. The summed E-state index contributed by atoms with van der Waals surface area (Å²) in [7, 11) is -4.08. The minimum absolute atomic E-state index is 0.00139. The molecule has 54 heavy (non-hydrogen) atoms. The van der Waals surface area contributed by atoms with Crippen LogP contribution in [0.25, 0.3) is 0 Å². The van der Waals surface area contributed by atoms with Crippen molar-refractivity contribution >= 4 is 67.5 Å². The SMILES string of the molecule is NCCO/N=C(/CCCCCCN=C(NS(=O)(=O)c1ccc(Cl)cc1)N(N)C[C@H](c1ccccc1)C(I)c1ccc(Cl)cc1)c1ccc(C(F)(F)F)cc1. The number of unbranched alkanes of at least 4 members (excludes halogenated alkanes) is 3. The topological polar surface area (TPSA) is 135 Å². The quantitative estimate of drug-likeness (QED) is 0.0173. The molecule has 0 heterocycles. The van der Waals surface area contributed by atoms with Gasteiger partial charge in [0.2, 0.25) is 5.96 Å². The summed E-state index contributed by atoms with van der Waals surface area (Å²) in [6, 6.07) is 28.0. The maximum Gasteiger partial charge on any atom is 0.416 e. The molecule has 9 nitrogen and oxygen atoms in total. The normalized spacial score (nSPS) is 13.7. The van der Waals surface area contributed by atoms with E-state index in [1.54, 1.807) is 0 Å². The lowest BCUT2D eigenvalue weighted by Crippen LogP contribution is -2.50. The molecular weight excluding hydrogens is 875 g/mol. The second kappa shape index (κ2) is 21.0. The number of guanidine groups is 1. The number of halogens is 6. The Balaban J connectivity index is 1.47. The average Bonchev–Trinajstić information content (AvgIpc) is 3.15. The van der Waals surface area contributed by atoms with E-state index in [4.69, 9.17) is 39.6 Å². The summed E-state index contributed by atoms with van der Waals surface area (Å²) >= 11 is 14.5. The van der Waals surface area contributed by atoms with Crippen LogP contribution >= 0.6 is 45.8 Å². The van der Waals surface area contributed by atoms with E-state index in [2.05, 4.69) is 37.5 Å². The lowest BCUT2D eigenvalue weighted by atomic mass is 9.91. The van der Waals surface area contributed by atoms with Crippen LogP contribution in [0.1, 0.15) is 64.2 Å². The molecule has 0 saturated carbocycles. The summed E-state index contributed by atoms with van der Waals surface area (Å²) in [6.07, 6.45) is -1.21. The van der Waals surface area contributed by atoms with E-state index in [9.17, 15) is 21.6 Å². The number of nitrogens with zero attached hydrogens (tertiary/aromatic N) is 3. The lowest BCUT2D eigenvalue weighted by molar-refractivity contribution is -0.137. The Morgan fingerprint density at radius 3 is 2.07 bits per heavy atom. The molecular formula is C38H42Cl2F3IN6O3S. The van der Waals surface area contributed by atoms with Crippen molar-refractivity contribution in [3.05, 3.63) is 135 Å². The minimum atomic E-state index is -4.44. The Morgan fingerprint density at radius 1 is 0.852 bits per heavy atom. The molecule has 4 aromatic rings. The minimum Gasteiger partial charge on any atom is -0.394 e. The van der Waals surface area contributed by atoms with Crippen LogP contribution in [0, 0.1) is 0 Å². The summed E-state index contributed by atoms with van der Waals surface area (Å²) < 4.78 is 68.8. The summed E-state index contributed by atoms with van der Waals surface area (Å²) in [5.74, 6) is 6.49. The van der Waals surface area contributed by atoms with Gasteiger partial charge in [0.15, 0.2) is 0 Å². The molecule has 16 heteroatoms. The van der Waals surface area contributed by atoms with E-state index in [0.29, 0.717) is 40.6 Å². The third-order valence-electron chi connectivity index (χ3n) is 8.30. The zero-order valence-corrected chi connectivity index (χ0v) is 33.7. The van der Waals surface area contributed by atoms with E-state index in [1.165, 1.54) is 41.4 Å². The second-order valence-corrected chi connectivity index (χ2v) is 16.2. The number of benzene rings is 4. The average molecular weight is 918 g/mol. The van der Waals surface area contributed by atoms with Crippen molar-refractivity contribution in [3.63, 3.8) is 0 Å². The van der Waals surface area contributed by atoms with E-state index in [-0.39, 0.29) is 46.9 Å². The number of hydrogen-bond donors (Lipinski definition) is 3. The van der Waals surface area contributed by atoms with Gasteiger partial charge < -0.3 is 10.6 Å². The number of nitrogens with two attached hydrogens (primary N) is 2. The van der Waals surface area contributed by atoms with Crippen LogP contribution < -0.4 is 16.3 Å². The predicted molar refractivity (Wildman–Crippen MR) is 218 cm³/mol. The number of hydrazine groups is 1. The van der Waals surface area contributed by atoms with Gasteiger partial charge in [-0.05, 0) is 84.5 Å². The van der Waals surface area contributed by atoms with E-state index < -0.39 is 21.8 Å². The number of alkyl halides is 4. The Bertz CT molecular complexity index is 1920. The van der Waals surface area contributed by atoms with Crippen molar-refractivity contribution in [3.8, 4) is 0 Å². The number of rotatable bonds is 18. The van der Waals surface area contributed by atoms with Crippen molar-refractivity contribution < 1.29 is 26.4 Å². The molecule has 0 aromatic heterocycles. The molecule has 4 rings (SSSR count). The van der Waals surface area contributed by atoms with Crippen LogP contribution in [0.15, 0.2) is 118 Å². The molecule has 0 aliphatic carbocycles. The third-order valence-corrected chi connectivity index (χ3v) is 11.7. The van der Waals surface area contributed by atoms with E-state index in [0.717, 1.165) is 36.1 Å². The molecule has 0 aliphatic heterocycles. The van der Waals surface area contributed by atoms with Gasteiger partial charge in [-0.2, -0.15) is 13.2 Å². The van der Waals surface area contributed by atoms with Crippen molar-refractivity contribution in [2.45, 2.75) is 53.0 Å². The molecule has 0 radical (unpaired) electrons. The van der Waals surface area contributed by atoms with Crippen LogP contribution in [-0.4, -0.2) is 51.3 Å². The fourth-order valence-corrected chi connectivity index (χ4v) is 7.78. The molecule has 290 valence electrons. The predicted octanol–water partition coefficient (Wildman–Crippen LogP) is 9.11. The first-order chi connectivity index (χ1) is 25.8. The van der Waals surface area contributed by atoms with Crippen LogP contribution in [0.2, 0.25) is 10.0 Å². The second-order valence-electron chi connectivity index (χ2n) is 12.3. The molecule has 0 bridgehead atoms. The van der Waals surface area contributed by atoms with Crippen molar-refractivity contribution in [1.82, 2.24) is 9.73 Å². The van der Waals surface area contributed by atoms with Gasteiger partial charge in [-0.1, -0.05) is 118 Å². The van der Waals surface area contributed by atoms with Gasteiger partial charge in [-0.15, -0.1) is 0 Å². The van der Waals surface area contributed by atoms with Gasteiger partial charge >= 0.3 is 6.18 Å². The Morgan fingerprint density at radius 2 is 1.46 bits per heavy atom. The first kappa shape index (κ1) is 43.3. The zero-order valence-electron chi connectivity index (χ0n) is 29.2. The summed E-state index contributed by atoms with van der Waals surface area (Å²) in [6.45, 7) is 0.916. The van der Waals surface area contributed by atoms with Gasteiger partial charge in [-0.25, -0.2) is 19.0 Å². The fourth-order valence-electron chi connectivity index (χ4n) is 5.43. The lowest BCUT2D eigenvalue weighted by Gasteiger charge is -2.30. The molecule has 4 aromatic carbocycles. The molecule has 0 spiro atoms. The Kier molecular flexibility index (Phi) is 16.9. The molecule has 1 unspecified atom stereocenters. The number of aliphatic imine (C=N–C) groups is 1. The van der Waals surface area contributed by atoms with Crippen LogP contribution in [0.3, 0.4) is 0 Å². The van der Waals surface area contributed by atoms with E-state index in [1.807, 2.05) is 54.6 Å². The molecule has 0 fully saturated rings. The summed E-state index contributed by atoms with van der Waals surface area (Å²) in [4.78, 5) is 9.89. The highest BCUT2D eigenvalue weighted by molar-refractivity contribution is 14.1. The van der Waals surface area contributed by atoms with Gasteiger partial charge in [0.25, 0.3) is 10.0 Å². The number of oxime groups is 1. The number of hydrogen-bond acceptors (Lipinski definition) is 7. The van der Waals surface area contributed by atoms with Gasteiger partial charge in [0.05, 0.1) is 16.2 Å². The van der Waals surface area contributed by atoms with Gasteiger partial charge in [0, 0.05) is 39.5 Å². The molecule has 0 aliphatic rings. The van der Waals surface area contributed by atoms with Crippen molar-refractivity contribution in [1.29, 1.82) is 0 Å². The smallest absolute Gasteiger partial charge is 0.394 e. The zero-order chi connectivity index (χ0) is 39.1. The maximum absolute atomic E-state index is 13.5. The third kappa shape index (κ3) is 13.4. The molecule has 2 atom stereocenters.